The first kappa shape index (κ1) is 14.0. The largest absolute Gasteiger partial charge is 0.505 e. The molecule has 0 aromatic rings. The Morgan fingerprint density at radius 1 is 1.71 bits per heavy atom. The summed E-state index contributed by atoms with van der Waals surface area (Å²) in [6.07, 6.45) is 1.90. The van der Waals surface area contributed by atoms with Crippen LogP contribution in [0.3, 0.4) is 0 Å². The number of carboxylic acid groups (broad SMARTS) is 1. The van der Waals surface area contributed by atoms with Gasteiger partial charge in [0, 0.05) is 0 Å². The van der Waals surface area contributed by atoms with E-state index in [0.717, 1.165) is 6.42 Å². The summed E-state index contributed by atoms with van der Waals surface area (Å²) in [5.41, 5.74) is 0. The lowest BCUT2D eigenvalue weighted by Gasteiger charge is -2.23. The van der Waals surface area contributed by atoms with Crippen molar-refractivity contribution in [3.8, 4) is 0 Å². The van der Waals surface area contributed by atoms with E-state index in [2.05, 4.69) is 11.3 Å². The Bertz CT molecular complexity index is 274. The summed E-state index contributed by atoms with van der Waals surface area (Å²) in [5, 5.41) is 8.41. The minimum absolute atomic E-state index is 0.0274. The number of rotatable bonds is 6. The van der Waals surface area contributed by atoms with Crippen molar-refractivity contribution in [3.05, 3.63) is 12.7 Å². The van der Waals surface area contributed by atoms with Gasteiger partial charge in [0.2, 0.25) is 0 Å². The molecule has 1 fully saturated rings. The molecule has 1 heterocycles. The Kier molecular flexibility index (Phi) is 4.96. The van der Waals surface area contributed by atoms with Crippen molar-refractivity contribution < 1.29 is 24.1 Å². The van der Waals surface area contributed by atoms with E-state index in [-0.39, 0.29) is 18.6 Å². The maximum atomic E-state index is 10.3. The van der Waals surface area contributed by atoms with Crippen LogP contribution in [-0.4, -0.2) is 36.4 Å². The summed E-state index contributed by atoms with van der Waals surface area (Å²) >= 11 is 0. The lowest BCUT2D eigenvalue weighted by Crippen LogP contribution is -2.27. The third-order valence-electron chi connectivity index (χ3n) is 2.74. The first-order chi connectivity index (χ1) is 7.94. The zero-order valence-corrected chi connectivity index (χ0v) is 10.3. The van der Waals surface area contributed by atoms with E-state index in [0.29, 0.717) is 13.0 Å². The first-order valence-corrected chi connectivity index (χ1v) is 5.73. The molecule has 1 N–H and O–H groups in total. The summed E-state index contributed by atoms with van der Waals surface area (Å²) in [6.45, 7) is 8.13. The molecule has 0 saturated carbocycles. The number of hydrogen-bond acceptors (Lipinski definition) is 4. The van der Waals surface area contributed by atoms with Crippen LogP contribution in [0.15, 0.2) is 12.7 Å². The summed E-state index contributed by atoms with van der Waals surface area (Å²) in [6, 6.07) is 0. The van der Waals surface area contributed by atoms with Gasteiger partial charge in [-0.15, -0.1) is 6.58 Å². The van der Waals surface area contributed by atoms with Crippen molar-refractivity contribution in [1.82, 2.24) is 0 Å². The smallest absolute Gasteiger partial charge is 0.450 e. The fraction of sp³-hybridized carbons (Fsp3) is 0.750. The van der Waals surface area contributed by atoms with Gasteiger partial charge in [0.15, 0.2) is 5.79 Å². The highest BCUT2D eigenvalue weighted by molar-refractivity contribution is 5.56. The van der Waals surface area contributed by atoms with E-state index in [1.807, 2.05) is 13.8 Å². The number of allylic oxidation sites excluding steroid dienone is 1. The van der Waals surface area contributed by atoms with Gasteiger partial charge in [-0.1, -0.05) is 6.08 Å². The van der Waals surface area contributed by atoms with Crippen LogP contribution in [0.25, 0.3) is 0 Å². The molecule has 1 aliphatic rings. The Hall–Kier alpha value is -1.07. The lowest BCUT2D eigenvalue weighted by molar-refractivity contribution is -0.145. The lowest BCUT2D eigenvalue weighted by atomic mass is 9.95. The van der Waals surface area contributed by atoms with E-state index in [1.165, 1.54) is 0 Å². The molecule has 5 nitrogen and oxygen atoms in total. The second-order valence-electron chi connectivity index (χ2n) is 4.55. The molecular weight excluding hydrogens is 224 g/mol. The van der Waals surface area contributed by atoms with Gasteiger partial charge in [-0.05, 0) is 32.6 Å². The first-order valence-electron chi connectivity index (χ1n) is 5.73. The Morgan fingerprint density at radius 2 is 2.41 bits per heavy atom. The molecule has 2 atom stereocenters. The molecule has 0 radical (unpaired) electrons. The zero-order valence-electron chi connectivity index (χ0n) is 10.3. The highest BCUT2D eigenvalue weighted by Gasteiger charge is 2.36. The third kappa shape index (κ3) is 4.75. The van der Waals surface area contributed by atoms with Gasteiger partial charge in [-0.2, -0.15) is 0 Å². The van der Waals surface area contributed by atoms with Gasteiger partial charge < -0.3 is 19.3 Å². The standard InChI is InChI=1S/C12H20O5/c1-4-5-9(6-7-15-11(13)14)10-8-16-12(2,3)17-10/h4,9-10H,1,5-8H2,2-3H3,(H,13,14)/t9?,10-/m1/s1. The van der Waals surface area contributed by atoms with E-state index in [9.17, 15) is 4.79 Å². The topological polar surface area (TPSA) is 65.0 Å². The predicted octanol–water partition coefficient (Wildman–Crippen LogP) is 2.41. The molecule has 1 saturated heterocycles. The highest BCUT2D eigenvalue weighted by atomic mass is 16.7. The van der Waals surface area contributed by atoms with Gasteiger partial charge in [-0.25, -0.2) is 4.79 Å². The zero-order chi connectivity index (χ0) is 12.9. The second kappa shape index (κ2) is 6.02. The number of hydrogen-bond donors (Lipinski definition) is 1. The fourth-order valence-electron chi connectivity index (χ4n) is 1.91. The highest BCUT2D eigenvalue weighted by Crippen LogP contribution is 2.30. The van der Waals surface area contributed by atoms with Crippen LogP contribution < -0.4 is 0 Å². The van der Waals surface area contributed by atoms with E-state index >= 15 is 0 Å². The molecule has 0 aromatic heterocycles. The van der Waals surface area contributed by atoms with E-state index < -0.39 is 11.9 Å². The Morgan fingerprint density at radius 3 is 2.88 bits per heavy atom. The Labute approximate surface area is 101 Å². The van der Waals surface area contributed by atoms with Crippen molar-refractivity contribution in [3.63, 3.8) is 0 Å². The predicted molar refractivity (Wildman–Crippen MR) is 61.8 cm³/mol. The van der Waals surface area contributed by atoms with Gasteiger partial charge in [-0.3, -0.25) is 0 Å². The van der Waals surface area contributed by atoms with Crippen LogP contribution in [0.1, 0.15) is 26.7 Å². The molecule has 5 heteroatoms. The minimum atomic E-state index is -1.24. The van der Waals surface area contributed by atoms with Crippen LogP contribution in [-0.2, 0) is 14.2 Å². The molecule has 1 aliphatic heterocycles. The summed E-state index contributed by atoms with van der Waals surface area (Å²) in [4.78, 5) is 10.3. The second-order valence-corrected chi connectivity index (χ2v) is 4.55. The van der Waals surface area contributed by atoms with Crippen molar-refractivity contribution in [2.75, 3.05) is 13.2 Å². The van der Waals surface area contributed by atoms with Gasteiger partial charge in [0.05, 0.1) is 19.3 Å². The fourth-order valence-corrected chi connectivity index (χ4v) is 1.91. The van der Waals surface area contributed by atoms with Crippen molar-refractivity contribution in [2.45, 2.75) is 38.6 Å². The minimum Gasteiger partial charge on any atom is -0.450 e. The van der Waals surface area contributed by atoms with Crippen LogP contribution in [0.5, 0.6) is 0 Å². The molecule has 0 aromatic carbocycles. The van der Waals surface area contributed by atoms with E-state index in [1.54, 1.807) is 6.08 Å². The average molecular weight is 244 g/mol. The summed E-state index contributed by atoms with van der Waals surface area (Å²) in [5.74, 6) is -0.383. The third-order valence-corrected chi connectivity index (χ3v) is 2.74. The van der Waals surface area contributed by atoms with Gasteiger partial charge in [0.25, 0.3) is 0 Å². The maximum absolute atomic E-state index is 10.3. The number of ether oxygens (including phenoxy) is 3. The van der Waals surface area contributed by atoms with Gasteiger partial charge in [0.1, 0.15) is 0 Å². The quantitative estimate of drug-likeness (QED) is 0.574. The molecule has 0 amide bonds. The SMILES string of the molecule is C=CCC(CCOC(=O)O)[C@H]1COC(C)(C)O1. The normalized spacial score (nSPS) is 24.2. The molecule has 17 heavy (non-hydrogen) atoms. The summed E-state index contributed by atoms with van der Waals surface area (Å²) < 4.78 is 15.8. The van der Waals surface area contributed by atoms with Crippen LogP contribution in [0.2, 0.25) is 0 Å². The van der Waals surface area contributed by atoms with Crippen molar-refractivity contribution in [2.24, 2.45) is 5.92 Å². The molecule has 98 valence electrons. The van der Waals surface area contributed by atoms with Crippen LogP contribution >= 0.6 is 0 Å². The summed E-state index contributed by atoms with van der Waals surface area (Å²) in [7, 11) is 0. The molecule has 0 aliphatic carbocycles. The number of carbonyl (C=O) groups is 1. The van der Waals surface area contributed by atoms with Gasteiger partial charge >= 0.3 is 6.16 Å². The molecule has 1 unspecified atom stereocenters. The monoisotopic (exact) mass is 244 g/mol. The molecule has 0 spiro atoms. The van der Waals surface area contributed by atoms with Crippen LogP contribution in [0, 0.1) is 5.92 Å². The van der Waals surface area contributed by atoms with E-state index in [4.69, 9.17) is 14.6 Å². The average Bonchev–Trinajstić information content (AvgIpc) is 2.57. The maximum Gasteiger partial charge on any atom is 0.505 e. The van der Waals surface area contributed by atoms with Crippen molar-refractivity contribution >= 4 is 6.16 Å². The Balaban J connectivity index is 2.42. The van der Waals surface area contributed by atoms with Crippen LogP contribution in [0.4, 0.5) is 4.79 Å². The molecule has 0 bridgehead atoms. The molecule has 1 rings (SSSR count). The van der Waals surface area contributed by atoms with Crippen molar-refractivity contribution in [1.29, 1.82) is 0 Å². The molecular formula is C12H20O5.